The fraction of sp³-hybridized carbons (Fsp3) is 0.125. The highest BCUT2D eigenvalue weighted by molar-refractivity contribution is 9.11. The van der Waals surface area contributed by atoms with Crippen LogP contribution in [0.2, 0.25) is 0 Å². The molecule has 1 aromatic rings. The van der Waals surface area contributed by atoms with Crippen LogP contribution in [0.15, 0.2) is 21.1 Å². The third-order valence-corrected chi connectivity index (χ3v) is 2.99. The number of hydrogen-bond donors (Lipinski definition) is 1. The molecule has 1 aromatic carbocycles. The fourth-order valence-corrected chi connectivity index (χ4v) is 2.85. The Bertz CT molecular complexity index is 538. The smallest absolute Gasteiger partial charge is 0.339 e. The number of hydrogen-bond acceptors (Lipinski definition) is 4. The van der Waals surface area contributed by atoms with Gasteiger partial charge >= 0.3 is 16.1 Å². The van der Waals surface area contributed by atoms with Crippen LogP contribution in [-0.4, -0.2) is 25.7 Å². The summed E-state index contributed by atoms with van der Waals surface area (Å²) in [6, 6.07) is 2.75. The standard InChI is InChI=1S/C8H6Br2O5S/c1-16(13,14)15-7-5(8(11)12)2-4(9)3-6(7)10/h2-3H,1H3,(H,11,12). The first kappa shape index (κ1) is 13.5. The predicted molar refractivity (Wildman–Crippen MR) is 64.3 cm³/mol. The topological polar surface area (TPSA) is 80.7 Å². The van der Waals surface area contributed by atoms with Crippen LogP contribution in [0, 0.1) is 0 Å². The summed E-state index contributed by atoms with van der Waals surface area (Å²) in [5, 5.41) is 8.89. The largest absolute Gasteiger partial charge is 0.478 e. The van der Waals surface area contributed by atoms with Gasteiger partial charge in [0.2, 0.25) is 0 Å². The highest BCUT2D eigenvalue weighted by atomic mass is 79.9. The Kier molecular flexibility index (Phi) is 3.97. The van der Waals surface area contributed by atoms with Gasteiger partial charge in [-0.25, -0.2) is 4.79 Å². The summed E-state index contributed by atoms with van der Waals surface area (Å²) in [5.74, 6) is -1.51. The van der Waals surface area contributed by atoms with E-state index in [4.69, 9.17) is 5.11 Å². The number of rotatable bonds is 3. The first-order valence-electron chi connectivity index (χ1n) is 3.82. The lowest BCUT2D eigenvalue weighted by atomic mass is 10.2. The molecule has 0 bridgehead atoms. The molecule has 0 unspecified atom stereocenters. The fourth-order valence-electron chi connectivity index (χ4n) is 0.955. The Hall–Kier alpha value is -0.600. The number of carbonyl (C=O) groups is 1. The van der Waals surface area contributed by atoms with Crippen LogP contribution in [0.4, 0.5) is 0 Å². The highest BCUT2D eigenvalue weighted by Gasteiger charge is 2.19. The molecule has 8 heteroatoms. The quantitative estimate of drug-likeness (QED) is 0.822. The molecule has 0 heterocycles. The molecular formula is C8H6Br2O5S. The van der Waals surface area contributed by atoms with Crippen LogP contribution in [-0.2, 0) is 10.1 Å². The minimum Gasteiger partial charge on any atom is -0.478 e. The Balaban J connectivity index is 3.41. The van der Waals surface area contributed by atoms with Gasteiger partial charge in [0.15, 0.2) is 5.75 Å². The number of halogens is 2. The molecule has 0 radical (unpaired) electrons. The lowest BCUT2D eigenvalue weighted by Crippen LogP contribution is -2.10. The zero-order chi connectivity index (χ0) is 12.5. The SMILES string of the molecule is CS(=O)(=O)Oc1c(Br)cc(Br)cc1C(=O)O. The van der Waals surface area contributed by atoms with Crippen molar-refractivity contribution in [1.29, 1.82) is 0 Å². The second-order valence-corrected chi connectivity index (χ2v) is 6.20. The van der Waals surface area contributed by atoms with Crippen molar-refractivity contribution in [3.05, 3.63) is 26.6 Å². The van der Waals surface area contributed by atoms with Gasteiger partial charge in [0, 0.05) is 4.47 Å². The van der Waals surface area contributed by atoms with Gasteiger partial charge in [0.1, 0.15) is 5.56 Å². The van der Waals surface area contributed by atoms with Gasteiger partial charge in [-0.3, -0.25) is 0 Å². The molecule has 0 aliphatic heterocycles. The average molecular weight is 374 g/mol. The minimum atomic E-state index is -3.78. The summed E-state index contributed by atoms with van der Waals surface area (Å²) in [7, 11) is -3.78. The maximum absolute atomic E-state index is 11.0. The summed E-state index contributed by atoms with van der Waals surface area (Å²) >= 11 is 6.13. The third kappa shape index (κ3) is 3.46. The van der Waals surface area contributed by atoms with E-state index in [0.717, 1.165) is 6.26 Å². The second kappa shape index (κ2) is 4.72. The van der Waals surface area contributed by atoms with Crippen molar-refractivity contribution in [3.63, 3.8) is 0 Å². The summed E-state index contributed by atoms with van der Waals surface area (Å²) < 4.78 is 27.3. The Labute approximate surface area is 109 Å². The van der Waals surface area contributed by atoms with Gasteiger partial charge in [-0.05, 0) is 28.1 Å². The lowest BCUT2D eigenvalue weighted by molar-refractivity contribution is 0.0695. The molecule has 16 heavy (non-hydrogen) atoms. The minimum absolute atomic E-state index is 0.238. The molecular weight excluding hydrogens is 368 g/mol. The molecule has 88 valence electrons. The summed E-state index contributed by atoms with van der Waals surface area (Å²) in [4.78, 5) is 10.9. The van der Waals surface area contributed by atoms with E-state index in [1.807, 2.05) is 0 Å². The van der Waals surface area contributed by atoms with E-state index < -0.39 is 16.1 Å². The van der Waals surface area contributed by atoms with Gasteiger partial charge in [0.05, 0.1) is 10.7 Å². The van der Waals surface area contributed by atoms with Crippen LogP contribution in [0.25, 0.3) is 0 Å². The normalized spacial score (nSPS) is 11.2. The zero-order valence-corrected chi connectivity index (χ0v) is 11.9. The molecule has 0 aromatic heterocycles. The first-order chi connectivity index (χ1) is 7.20. The summed E-state index contributed by atoms with van der Waals surface area (Å²) in [6.45, 7) is 0. The molecule has 0 fully saturated rings. The van der Waals surface area contributed by atoms with E-state index >= 15 is 0 Å². The number of carboxylic acid groups (broad SMARTS) is 1. The van der Waals surface area contributed by atoms with Crippen molar-refractivity contribution < 1.29 is 22.5 Å². The van der Waals surface area contributed by atoms with E-state index in [2.05, 4.69) is 36.0 Å². The van der Waals surface area contributed by atoms with Crippen molar-refractivity contribution >= 4 is 47.9 Å². The van der Waals surface area contributed by atoms with Crippen LogP contribution in [0.1, 0.15) is 10.4 Å². The predicted octanol–water partition coefficient (Wildman–Crippen LogP) is 2.25. The van der Waals surface area contributed by atoms with E-state index in [1.54, 1.807) is 0 Å². The maximum Gasteiger partial charge on any atom is 0.339 e. The Morgan fingerprint density at radius 1 is 1.38 bits per heavy atom. The molecule has 1 N–H and O–H groups in total. The van der Waals surface area contributed by atoms with E-state index in [0.29, 0.717) is 4.47 Å². The van der Waals surface area contributed by atoms with Crippen LogP contribution < -0.4 is 4.18 Å². The van der Waals surface area contributed by atoms with E-state index in [-0.39, 0.29) is 15.8 Å². The van der Waals surface area contributed by atoms with E-state index in [1.165, 1.54) is 12.1 Å². The number of carboxylic acids is 1. The van der Waals surface area contributed by atoms with Crippen molar-refractivity contribution in [1.82, 2.24) is 0 Å². The van der Waals surface area contributed by atoms with Crippen LogP contribution in [0.3, 0.4) is 0 Å². The Morgan fingerprint density at radius 2 is 1.94 bits per heavy atom. The molecule has 5 nitrogen and oxygen atoms in total. The monoisotopic (exact) mass is 372 g/mol. The second-order valence-electron chi connectivity index (χ2n) is 2.86. The van der Waals surface area contributed by atoms with Crippen molar-refractivity contribution in [3.8, 4) is 5.75 Å². The molecule has 0 amide bonds. The van der Waals surface area contributed by atoms with Gasteiger partial charge in [-0.15, -0.1) is 0 Å². The molecule has 0 aliphatic carbocycles. The van der Waals surface area contributed by atoms with Crippen molar-refractivity contribution in [2.75, 3.05) is 6.26 Å². The van der Waals surface area contributed by atoms with E-state index in [9.17, 15) is 13.2 Å². The van der Waals surface area contributed by atoms with Gasteiger partial charge in [-0.1, -0.05) is 15.9 Å². The molecule has 0 atom stereocenters. The highest BCUT2D eigenvalue weighted by Crippen LogP contribution is 2.33. The van der Waals surface area contributed by atoms with Crippen molar-refractivity contribution in [2.24, 2.45) is 0 Å². The van der Waals surface area contributed by atoms with Gasteiger partial charge < -0.3 is 9.29 Å². The number of aromatic carboxylic acids is 1. The lowest BCUT2D eigenvalue weighted by Gasteiger charge is -2.09. The molecule has 0 saturated carbocycles. The summed E-state index contributed by atoms with van der Waals surface area (Å²) in [5.41, 5.74) is -0.244. The molecule has 0 aliphatic rings. The Morgan fingerprint density at radius 3 is 2.38 bits per heavy atom. The molecule has 1 rings (SSSR count). The van der Waals surface area contributed by atoms with Crippen LogP contribution >= 0.6 is 31.9 Å². The van der Waals surface area contributed by atoms with Gasteiger partial charge in [-0.2, -0.15) is 8.42 Å². The number of benzene rings is 1. The zero-order valence-electron chi connectivity index (χ0n) is 7.90. The average Bonchev–Trinajstić information content (AvgIpc) is 2.07. The third-order valence-electron chi connectivity index (χ3n) is 1.47. The van der Waals surface area contributed by atoms with Gasteiger partial charge in [0.25, 0.3) is 0 Å². The van der Waals surface area contributed by atoms with Crippen molar-refractivity contribution in [2.45, 2.75) is 0 Å². The first-order valence-corrected chi connectivity index (χ1v) is 7.23. The van der Waals surface area contributed by atoms with Crippen LogP contribution in [0.5, 0.6) is 5.75 Å². The molecule has 0 spiro atoms. The maximum atomic E-state index is 11.0. The summed E-state index contributed by atoms with van der Waals surface area (Å²) in [6.07, 6.45) is 0.840. The molecule has 0 saturated heterocycles.